The molecular formula is C19H17BrClN3OS. The van der Waals surface area contributed by atoms with Gasteiger partial charge in [0.25, 0.3) is 0 Å². The van der Waals surface area contributed by atoms with Gasteiger partial charge in [0, 0.05) is 16.8 Å². The zero-order valence-corrected chi connectivity index (χ0v) is 17.1. The molecule has 134 valence electrons. The molecule has 0 radical (unpaired) electrons. The number of hydrogen-bond donors (Lipinski definition) is 0. The molecule has 0 atom stereocenters. The summed E-state index contributed by atoms with van der Waals surface area (Å²) in [5.41, 5.74) is 1.21. The number of allylic oxidation sites excluding steroid dienone is 1. The van der Waals surface area contributed by atoms with E-state index in [1.807, 2.05) is 41.0 Å². The van der Waals surface area contributed by atoms with Crippen LogP contribution in [0.5, 0.6) is 5.75 Å². The molecule has 0 fully saturated rings. The van der Waals surface area contributed by atoms with E-state index in [-0.39, 0.29) is 0 Å². The van der Waals surface area contributed by atoms with E-state index < -0.39 is 0 Å². The lowest BCUT2D eigenvalue weighted by molar-refractivity contribution is 0.289. The number of aromatic nitrogens is 3. The van der Waals surface area contributed by atoms with Crippen molar-refractivity contribution in [2.75, 3.05) is 0 Å². The van der Waals surface area contributed by atoms with E-state index in [4.69, 9.17) is 16.3 Å². The Morgan fingerprint density at radius 3 is 2.81 bits per heavy atom. The Morgan fingerprint density at radius 1 is 1.19 bits per heavy atom. The molecule has 4 nitrogen and oxygen atoms in total. The van der Waals surface area contributed by atoms with Crippen molar-refractivity contribution in [2.24, 2.45) is 0 Å². The minimum absolute atomic E-state index is 0.294. The first-order chi connectivity index (χ1) is 12.7. The summed E-state index contributed by atoms with van der Waals surface area (Å²) < 4.78 is 8.87. The molecule has 2 aromatic carbocycles. The Morgan fingerprint density at radius 2 is 2.04 bits per heavy atom. The summed E-state index contributed by atoms with van der Waals surface area (Å²) in [6.07, 6.45) is 1.82. The summed E-state index contributed by atoms with van der Waals surface area (Å²) in [5.74, 6) is 2.17. The highest BCUT2D eigenvalue weighted by molar-refractivity contribution is 9.10. The average Bonchev–Trinajstić information content (AvgIpc) is 3.02. The van der Waals surface area contributed by atoms with E-state index in [1.165, 1.54) is 5.56 Å². The van der Waals surface area contributed by atoms with Crippen LogP contribution < -0.4 is 4.74 Å². The lowest BCUT2D eigenvalue weighted by atomic mass is 10.2. The summed E-state index contributed by atoms with van der Waals surface area (Å²) in [5, 5.41) is 10.00. The molecule has 0 amide bonds. The number of halogens is 2. The van der Waals surface area contributed by atoms with Gasteiger partial charge in [-0.15, -0.1) is 16.8 Å². The number of para-hydroxylation sites is 1. The van der Waals surface area contributed by atoms with E-state index in [2.05, 4.69) is 44.8 Å². The summed E-state index contributed by atoms with van der Waals surface area (Å²) in [6, 6.07) is 15.6. The summed E-state index contributed by atoms with van der Waals surface area (Å²) in [7, 11) is 0. The lowest BCUT2D eigenvalue weighted by Crippen LogP contribution is -2.07. The fourth-order valence-corrected chi connectivity index (χ4v) is 3.87. The topological polar surface area (TPSA) is 39.9 Å². The minimum Gasteiger partial charge on any atom is -0.484 e. The van der Waals surface area contributed by atoms with Crippen LogP contribution in [0.1, 0.15) is 11.4 Å². The van der Waals surface area contributed by atoms with Crippen molar-refractivity contribution in [3.8, 4) is 5.75 Å². The first-order valence-corrected chi connectivity index (χ1v) is 10.1. The number of nitrogens with zero attached hydrogens (tertiary/aromatic N) is 3. The van der Waals surface area contributed by atoms with Crippen LogP contribution in [0.3, 0.4) is 0 Å². The van der Waals surface area contributed by atoms with Crippen LogP contribution in [-0.2, 0) is 18.9 Å². The van der Waals surface area contributed by atoms with Crippen molar-refractivity contribution in [2.45, 2.75) is 24.1 Å². The van der Waals surface area contributed by atoms with Crippen molar-refractivity contribution in [1.29, 1.82) is 0 Å². The monoisotopic (exact) mass is 449 g/mol. The molecule has 0 unspecified atom stereocenters. The molecule has 1 heterocycles. The maximum absolute atomic E-state index is 6.13. The number of rotatable bonds is 8. The van der Waals surface area contributed by atoms with Gasteiger partial charge in [0.1, 0.15) is 12.4 Å². The SMILES string of the molecule is C=CCn1c(COc2ccccc2Cl)nnc1SCc1cccc(Br)c1. The Balaban J connectivity index is 1.71. The Bertz CT molecular complexity index is 900. The van der Waals surface area contributed by atoms with E-state index in [1.54, 1.807) is 17.8 Å². The minimum atomic E-state index is 0.294. The molecule has 3 aromatic rings. The maximum Gasteiger partial charge on any atom is 0.191 e. The molecule has 7 heteroatoms. The molecule has 0 spiro atoms. The summed E-state index contributed by atoms with van der Waals surface area (Å²) in [4.78, 5) is 0. The molecule has 26 heavy (non-hydrogen) atoms. The molecule has 3 rings (SSSR count). The quantitative estimate of drug-likeness (QED) is 0.323. The molecule has 0 N–H and O–H groups in total. The number of ether oxygens (including phenoxy) is 1. The highest BCUT2D eigenvalue weighted by Gasteiger charge is 2.13. The van der Waals surface area contributed by atoms with Crippen molar-refractivity contribution < 1.29 is 4.74 Å². The number of benzene rings is 2. The van der Waals surface area contributed by atoms with Gasteiger partial charge in [0.2, 0.25) is 0 Å². The highest BCUT2D eigenvalue weighted by Crippen LogP contribution is 2.26. The van der Waals surface area contributed by atoms with E-state index in [0.717, 1.165) is 21.2 Å². The Hall–Kier alpha value is -1.76. The molecule has 0 saturated heterocycles. The first-order valence-electron chi connectivity index (χ1n) is 7.95. The van der Waals surface area contributed by atoms with Crippen LogP contribution in [0.4, 0.5) is 0 Å². The van der Waals surface area contributed by atoms with Gasteiger partial charge < -0.3 is 4.74 Å². The van der Waals surface area contributed by atoms with Crippen LogP contribution >= 0.6 is 39.3 Å². The molecule has 0 aliphatic carbocycles. The van der Waals surface area contributed by atoms with Gasteiger partial charge in [-0.3, -0.25) is 4.57 Å². The molecular weight excluding hydrogens is 434 g/mol. The largest absolute Gasteiger partial charge is 0.484 e. The van der Waals surface area contributed by atoms with E-state index >= 15 is 0 Å². The van der Waals surface area contributed by atoms with Crippen LogP contribution in [0.15, 0.2) is 70.8 Å². The number of thioether (sulfide) groups is 1. The average molecular weight is 451 g/mol. The van der Waals surface area contributed by atoms with Crippen LogP contribution in [0.25, 0.3) is 0 Å². The fourth-order valence-electron chi connectivity index (χ4n) is 2.32. The van der Waals surface area contributed by atoms with E-state index in [9.17, 15) is 0 Å². The highest BCUT2D eigenvalue weighted by atomic mass is 79.9. The van der Waals surface area contributed by atoms with Gasteiger partial charge in [0.15, 0.2) is 11.0 Å². The second-order valence-electron chi connectivity index (χ2n) is 5.44. The normalized spacial score (nSPS) is 10.7. The zero-order valence-electron chi connectivity index (χ0n) is 13.9. The molecule has 0 bridgehead atoms. The standard InChI is InChI=1S/C19H17BrClN3OS/c1-2-10-24-18(12-25-17-9-4-3-8-16(17)21)22-23-19(24)26-13-14-6-5-7-15(20)11-14/h2-9,11H,1,10,12-13H2. The predicted octanol–water partition coefficient (Wildman–Crippen LogP) is 5.75. The van der Waals surface area contributed by atoms with E-state index in [0.29, 0.717) is 23.9 Å². The van der Waals surface area contributed by atoms with Gasteiger partial charge in [-0.05, 0) is 29.8 Å². The smallest absolute Gasteiger partial charge is 0.191 e. The predicted molar refractivity (Wildman–Crippen MR) is 110 cm³/mol. The molecule has 1 aromatic heterocycles. The second-order valence-corrected chi connectivity index (χ2v) is 7.70. The maximum atomic E-state index is 6.13. The third-order valence-electron chi connectivity index (χ3n) is 3.56. The van der Waals surface area contributed by atoms with Crippen molar-refractivity contribution in [3.05, 3.63) is 82.1 Å². The number of hydrogen-bond acceptors (Lipinski definition) is 4. The van der Waals surface area contributed by atoms with Crippen LogP contribution in [-0.4, -0.2) is 14.8 Å². The molecule has 0 aliphatic rings. The van der Waals surface area contributed by atoms with Gasteiger partial charge >= 0.3 is 0 Å². The third kappa shape index (κ3) is 4.90. The second kappa shape index (κ2) is 9.26. The molecule has 0 aliphatic heterocycles. The Kier molecular flexibility index (Phi) is 6.77. The van der Waals surface area contributed by atoms with Gasteiger partial charge in [-0.1, -0.05) is 69.6 Å². The zero-order chi connectivity index (χ0) is 18.4. The van der Waals surface area contributed by atoms with Crippen LogP contribution in [0, 0.1) is 0 Å². The lowest BCUT2D eigenvalue weighted by Gasteiger charge is -2.10. The summed E-state index contributed by atoms with van der Waals surface area (Å²) >= 11 is 11.3. The first kappa shape index (κ1) is 19.0. The molecule has 0 saturated carbocycles. The summed E-state index contributed by atoms with van der Waals surface area (Å²) in [6.45, 7) is 4.74. The van der Waals surface area contributed by atoms with Crippen molar-refractivity contribution in [3.63, 3.8) is 0 Å². The van der Waals surface area contributed by atoms with Crippen molar-refractivity contribution in [1.82, 2.24) is 14.8 Å². The fraction of sp³-hybridized carbons (Fsp3) is 0.158. The van der Waals surface area contributed by atoms with Crippen LogP contribution in [0.2, 0.25) is 5.02 Å². The van der Waals surface area contributed by atoms with Gasteiger partial charge in [-0.25, -0.2) is 0 Å². The third-order valence-corrected chi connectivity index (χ3v) is 5.40. The van der Waals surface area contributed by atoms with Gasteiger partial charge in [0.05, 0.1) is 5.02 Å². The van der Waals surface area contributed by atoms with Gasteiger partial charge in [-0.2, -0.15) is 0 Å². The van der Waals surface area contributed by atoms with Crippen molar-refractivity contribution >= 4 is 39.3 Å². The Labute approximate surface area is 170 Å².